The molecule has 4 nitrogen and oxygen atoms in total. The maximum atomic E-state index is 5.45. The third-order valence-electron chi connectivity index (χ3n) is 11.4. The molecule has 0 bridgehead atoms. The number of benzene rings is 7. The lowest BCUT2D eigenvalue weighted by Gasteiger charge is -2.15. The smallest absolute Gasteiger partial charge is 0.160 e. The maximum Gasteiger partial charge on any atom is 0.160 e. The van der Waals surface area contributed by atoms with Crippen LogP contribution in [0.3, 0.4) is 0 Å². The third-order valence-corrected chi connectivity index (χ3v) is 13.7. The molecule has 0 atom stereocenters. The van der Waals surface area contributed by atoms with Gasteiger partial charge in [-0.3, -0.25) is 0 Å². The van der Waals surface area contributed by atoms with Crippen molar-refractivity contribution < 1.29 is 0 Å². The standard InChI is InChI=1S/C52H32N4S2/c1-2-11-31(12-3-1)35-14-10-15-37(29-35)52-53-42-19-8-6-18-41(42)47(54-52)33-21-23-34(24-22-33)51-55-48(36-25-27-40-39-17-7-9-20-43(39)57-45(40)30-36)50-49(56-51)46-38-16-5-4-13-32(38)26-28-44(46)58-50/h1-24,26,28-30H,25,27H2. The van der Waals surface area contributed by atoms with Gasteiger partial charge in [-0.1, -0.05) is 140 Å². The Bertz CT molecular complexity index is 3450. The molecule has 0 fully saturated rings. The molecule has 272 valence electrons. The molecule has 4 aromatic heterocycles. The number of aryl methyl sites for hydroxylation is 1. The zero-order chi connectivity index (χ0) is 38.2. The molecule has 1 aliphatic rings. The molecule has 0 saturated heterocycles. The van der Waals surface area contributed by atoms with Crippen molar-refractivity contribution in [2.24, 2.45) is 0 Å². The fourth-order valence-corrected chi connectivity index (χ4v) is 11.0. The summed E-state index contributed by atoms with van der Waals surface area (Å²) >= 11 is 3.69. The Morgan fingerprint density at radius 1 is 0.431 bits per heavy atom. The van der Waals surface area contributed by atoms with Crippen molar-refractivity contribution in [3.8, 4) is 45.2 Å². The van der Waals surface area contributed by atoms with E-state index < -0.39 is 0 Å². The summed E-state index contributed by atoms with van der Waals surface area (Å²) in [6, 6.07) is 57.8. The van der Waals surface area contributed by atoms with Crippen LogP contribution in [0.4, 0.5) is 0 Å². The Kier molecular flexibility index (Phi) is 7.68. The molecule has 1 aliphatic carbocycles. The SMILES string of the molecule is C1=C(c2nc(-c3ccc(-c4nc(-c5cccc(-c6ccccc6)c5)nc5ccccc45)cc3)nc3c2sc2ccc4ccccc4c23)CCc2c1sc1ccccc21. The van der Waals surface area contributed by atoms with Crippen LogP contribution in [-0.4, -0.2) is 19.9 Å². The van der Waals surface area contributed by atoms with Crippen LogP contribution >= 0.6 is 22.7 Å². The molecule has 0 radical (unpaired) electrons. The predicted octanol–water partition coefficient (Wildman–Crippen LogP) is 14.3. The minimum absolute atomic E-state index is 0.702. The molecule has 0 spiro atoms. The van der Waals surface area contributed by atoms with Crippen molar-refractivity contribution in [2.45, 2.75) is 12.8 Å². The second kappa shape index (κ2) is 13.4. The number of fused-ring (bicyclic) bond motifs is 9. The number of rotatable bonds is 5. The summed E-state index contributed by atoms with van der Waals surface area (Å²) in [5.74, 6) is 1.43. The highest BCUT2D eigenvalue weighted by Gasteiger charge is 2.23. The van der Waals surface area contributed by atoms with Crippen LogP contribution in [0.2, 0.25) is 0 Å². The van der Waals surface area contributed by atoms with Gasteiger partial charge in [-0.05, 0) is 81.6 Å². The summed E-state index contributed by atoms with van der Waals surface area (Å²) in [4.78, 5) is 22.5. The number of thiophene rings is 2. The molecular weight excluding hydrogens is 745 g/mol. The minimum Gasteiger partial charge on any atom is -0.228 e. The molecule has 0 saturated carbocycles. The van der Waals surface area contributed by atoms with Crippen LogP contribution in [-0.2, 0) is 6.42 Å². The number of nitrogens with zero attached hydrogens (tertiary/aromatic N) is 4. The normalized spacial score (nSPS) is 12.8. The van der Waals surface area contributed by atoms with E-state index in [-0.39, 0.29) is 0 Å². The van der Waals surface area contributed by atoms with E-state index in [2.05, 4.69) is 158 Å². The van der Waals surface area contributed by atoms with E-state index in [4.69, 9.17) is 19.9 Å². The van der Waals surface area contributed by atoms with Gasteiger partial charge < -0.3 is 0 Å². The predicted molar refractivity (Wildman–Crippen MR) is 245 cm³/mol. The Labute approximate surface area is 342 Å². The van der Waals surface area contributed by atoms with Gasteiger partial charge in [0, 0.05) is 41.7 Å². The van der Waals surface area contributed by atoms with Crippen molar-refractivity contribution >= 4 is 86.4 Å². The first-order valence-electron chi connectivity index (χ1n) is 19.6. The van der Waals surface area contributed by atoms with E-state index in [0.29, 0.717) is 5.82 Å². The highest BCUT2D eigenvalue weighted by molar-refractivity contribution is 7.26. The summed E-state index contributed by atoms with van der Waals surface area (Å²) < 4.78 is 3.73. The molecule has 4 heterocycles. The molecule has 58 heavy (non-hydrogen) atoms. The molecule has 0 aliphatic heterocycles. The maximum absolute atomic E-state index is 5.45. The summed E-state index contributed by atoms with van der Waals surface area (Å²) in [7, 11) is 0. The molecule has 7 aromatic carbocycles. The second-order valence-corrected chi connectivity index (χ2v) is 17.0. The van der Waals surface area contributed by atoms with E-state index in [1.807, 2.05) is 34.8 Å². The summed E-state index contributed by atoms with van der Waals surface area (Å²) in [6.45, 7) is 0. The van der Waals surface area contributed by atoms with Gasteiger partial charge in [-0.2, -0.15) is 0 Å². The summed E-state index contributed by atoms with van der Waals surface area (Å²) in [6.07, 6.45) is 4.33. The van der Waals surface area contributed by atoms with Gasteiger partial charge in [0.15, 0.2) is 11.6 Å². The van der Waals surface area contributed by atoms with Gasteiger partial charge in [0.25, 0.3) is 0 Å². The highest BCUT2D eigenvalue weighted by Crippen LogP contribution is 2.45. The fraction of sp³-hybridized carbons (Fsp3) is 0.0385. The van der Waals surface area contributed by atoms with E-state index >= 15 is 0 Å². The first-order valence-corrected chi connectivity index (χ1v) is 21.2. The first-order chi connectivity index (χ1) is 28.7. The van der Waals surface area contributed by atoms with E-state index in [0.717, 1.165) is 79.0 Å². The lowest BCUT2D eigenvalue weighted by Crippen LogP contribution is -2.01. The van der Waals surface area contributed by atoms with Crippen LogP contribution in [0.25, 0.3) is 109 Å². The Morgan fingerprint density at radius 2 is 1.14 bits per heavy atom. The highest BCUT2D eigenvalue weighted by atomic mass is 32.1. The molecule has 0 unspecified atom stereocenters. The van der Waals surface area contributed by atoms with Gasteiger partial charge in [-0.15, -0.1) is 22.7 Å². The monoisotopic (exact) mass is 776 g/mol. The summed E-state index contributed by atoms with van der Waals surface area (Å²) in [5.41, 5.74) is 11.9. The Morgan fingerprint density at radius 3 is 2.03 bits per heavy atom. The number of allylic oxidation sites excluding steroid dienone is 1. The number of hydrogen-bond donors (Lipinski definition) is 0. The zero-order valence-electron chi connectivity index (χ0n) is 31.2. The van der Waals surface area contributed by atoms with Crippen molar-refractivity contribution in [1.29, 1.82) is 0 Å². The molecular formula is C52H32N4S2. The topological polar surface area (TPSA) is 51.6 Å². The Hall–Kier alpha value is -6.86. The van der Waals surface area contributed by atoms with Crippen LogP contribution in [0.1, 0.15) is 22.6 Å². The van der Waals surface area contributed by atoms with Gasteiger partial charge in [-0.25, -0.2) is 19.9 Å². The van der Waals surface area contributed by atoms with Crippen LogP contribution in [0.5, 0.6) is 0 Å². The van der Waals surface area contributed by atoms with Crippen molar-refractivity contribution in [3.63, 3.8) is 0 Å². The molecule has 11 aromatic rings. The third kappa shape index (κ3) is 5.48. The van der Waals surface area contributed by atoms with E-state index in [1.165, 1.54) is 47.0 Å². The lowest BCUT2D eigenvalue weighted by molar-refractivity contribution is 1.01. The molecule has 6 heteroatoms. The first kappa shape index (κ1) is 33.3. The van der Waals surface area contributed by atoms with E-state index in [1.54, 1.807) is 0 Å². The van der Waals surface area contributed by atoms with Crippen LogP contribution in [0.15, 0.2) is 164 Å². The fourth-order valence-electron chi connectivity index (χ4n) is 8.59. The van der Waals surface area contributed by atoms with Crippen molar-refractivity contribution in [1.82, 2.24) is 19.9 Å². The number of hydrogen-bond acceptors (Lipinski definition) is 6. The van der Waals surface area contributed by atoms with Crippen LogP contribution in [0, 0.1) is 0 Å². The van der Waals surface area contributed by atoms with Crippen LogP contribution < -0.4 is 0 Å². The van der Waals surface area contributed by atoms with Gasteiger partial charge in [0.2, 0.25) is 0 Å². The van der Waals surface area contributed by atoms with Crippen molar-refractivity contribution in [2.75, 3.05) is 0 Å². The average molecular weight is 777 g/mol. The van der Waals surface area contributed by atoms with Gasteiger partial charge >= 0.3 is 0 Å². The lowest BCUT2D eigenvalue weighted by atomic mass is 9.93. The number of para-hydroxylation sites is 1. The molecule has 0 N–H and O–H groups in total. The van der Waals surface area contributed by atoms with Gasteiger partial charge in [0.1, 0.15) is 0 Å². The molecule has 0 amide bonds. The quantitative estimate of drug-likeness (QED) is 0.175. The molecule has 12 rings (SSSR count). The summed E-state index contributed by atoms with van der Waals surface area (Å²) in [5, 5.41) is 6.04. The zero-order valence-corrected chi connectivity index (χ0v) is 32.8. The van der Waals surface area contributed by atoms with E-state index in [9.17, 15) is 0 Å². The van der Waals surface area contributed by atoms with Gasteiger partial charge in [0.05, 0.1) is 27.1 Å². The van der Waals surface area contributed by atoms with Crippen molar-refractivity contribution in [3.05, 3.63) is 180 Å². The minimum atomic E-state index is 0.702. The average Bonchev–Trinajstić information content (AvgIpc) is 3.87. The Balaban J connectivity index is 1.01. The number of aromatic nitrogens is 4. The largest absolute Gasteiger partial charge is 0.228 e. The second-order valence-electron chi connectivity index (χ2n) is 14.9.